The maximum Gasteiger partial charge on any atom is 0.223 e. The maximum atomic E-state index is 13.0. The zero-order chi connectivity index (χ0) is 20.9. The molecule has 156 valence electrons. The zero-order valence-corrected chi connectivity index (χ0v) is 18.7. The highest BCUT2D eigenvalue weighted by Gasteiger charge is 2.23. The SMILES string of the molecule is CC(=O)N[C@@H](CC(=O)N[C@@H](c1ccc2c(c1)CCCC2)c1cccs1)c1cccs1. The summed E-state index contributed by atoms with van der Waals surface area (Å²) < 4.78 is 0. The number of thiophene rings is 2. The highest BCUT2D eigenvalue weighted by Crippen LogP contribution is 2.31. The fourth-order valence-electron chi connectivity index (χ4n) is 4.07. The Bertz CT molecular complexity index is 996. The number of carbonyl (C=O) groups excluding carboxylic acids is 2. The lowest BCUT2D eigenvalue weighted by atomic mass is 9.89. The van der Waals surface area contributed by atoms with Crippen LogP contribution in [0.2, 0.25) is 0 Å². The van der Waals surface area contributed by atoms with E-state index in [9.17, 15) is 9.59 Å². The Morgan fingerprint density at radius 2 is 1.63 bits per heavy atom. The van der Waals surface area contributed by atoms with Gasteiger partial charge in [-0.1, -0.05) is 30.3 Å². The number of hydrogen-bond donors (Lipinski definition) is 2. The smallest absolute Gasteiger partial charge is 0.223 e. The van der Waals surface area contributed by atoms with Crippen LogP contribution >= 0.6 is 22.7 Å². The molecule has 2 atom stereocenters. The molecule has 4 nitrogen and oxygen atoms in total. The molecule has 0 saturated heterocycles. The van der Waals surface area contributed by atoms with Gasteiger partial charge in [-0.2, -0.15) is 0 Å². The molecule has 4 rings (SSSR count). The van der Waals surface area contributed by atoms with Gasteiger partial charge in [-0.25, -0.2) is 0 Å². The van der Waals surface area contributed by atoms with Crippen LogP contribution in [0.5, 0.6) is 0 Å². The second-order valence-corrected chi connectivity index (χ2v) is 9.68. The van der Waals surface area contributed by atoms with E-state index in [1.54, 1.807) is 22.7 Å². The monoisotopic (exact) mass is 438 g/mol. The topological polar surface area (TPSA) is 58.2 Å². The van der Waals surface area contributed by atoms with E-state index < -0.39 is 0 Å². The highest BCUT2D eigenvalue weighted by atomic mass is 32.1. The number of hydrogen-bond acceptors (Lipinski definition) is 4. The molecule has 0 aliphatic heterocycles. The summed E-state index contributed by atoms with van der Waals surface area (Å²) in [5, 5.41) is 10.2. The lowest BCUT2D eigenvalue weighted by molar-refractivity contribution is -0.123. The molecule has 30 heavy (non-hydrogen) atoms. The fraction of sp³-hybridized carbons (Fsp3) is 0.333. The van der Waals surface area contributed by atoms with Crippen LogP contribution in [-0.2, 0) is 22.4 Å². The van der Waals surface area contributed by atoms with E-state index in [1.165, 1.54) is 30.9 Å². The van der Waals surface area contributed by atoms with Gasteiger partial charge in [0.05, 0.1) is 18.5 Å². The Labute approximate surface area is 185 Å². The van der Waals surface area contributed by atoms with Crippen molar-refractivity contribution in [3.05, 3.63) is 79.7 Å². The fourth-order valence-corrected chi connectivity index (χ4v) is 5.65. The minimum atomic E-state index is -0.310. The van der Waals surface area contributed by atoms with Crippen LogP contribution in [0.4, 0.5) is 0 Å². The van der Waals surface area contributed by atoms with E-state index >= 15 is 0 Å². The Hall–Kier alpha value is -2.44. The molecule has 0 saturated carbocycles. The summed E-state index contributed by atoms with van der Waals surface area (Å²) in [5.41, 5.74) is 3.97. The van der Waals surface area contributed by atoms with Crippen molar-refractivity contribution in [2.24, 2.45) is 0 Å². The number of fused-ring (bicyclic) bond motifs is 1. The van der Waals surface area contributed by atoms with Crippen LogP contribution in [0.25, 0.3) is 0 Å². The predicted molar refractivity (Wildman–Crippen MR) is 123 cm³/mol. The van der Waals surface area contributed by atoms with Crippen molar-refractivity contribution in [1.82, 2.24) is 10.6 Å². The van der Waals surface area contributed by atoms with E-state index in [0.29, 0.717) is 0 Å². The van der Waals surface area contributed by atoms with E-state index in [0.717, 1.165) is 28.2 Å². The van der Waals surface area contributed by atoms with Gasteiger partial charge < -0.3 is 10.6 Å². The lowest BCUT2D eigenvalue weighted by Crippen LogP contribution is -2.34. The van der Waals surface area contributed by atoms with Crippen molar-refractivity contribution in [2.75, 3.05) is 0 Å². The minimum Gasteiger partial charge on any atom is -0.348 e. The summed E-state index contributed by atoms with van der Waals surface area (Å²) in [7, 11) is 0. The van der Waals surface area contributed by atoms with Crippen LogP contribution in [0.1, 0.15) is 64.7 Å². The van der Waals surface area contributed by atoms with Crippen molar-refractivity contribution >= 4 is 34.5 Å². The minimum absolute atomic E-state index is 0.0710. The molecule has 2 heterocycles. The third-order valence-corrected chi connectivity index (χ3v) is 7.42. The first-order chi connectivity index (χ1) is 14.6. The largest absolute Gasteiger partial charge is 0.348 e. The molecule has 0 unspecified atom stereocenters. The third kappa shape index (κ3) is 4.99. The van der Waals surface area contributed by atoms with E-state index in [4.69, 9.17) is 0 Å². The van der Waals surface area contributed by atoms with E-state index in [1.807, 2.05) is 29.0 Å². The second-order valence-electron chi connectivity index (χ2n) is 7.72. The van der Waals surface area contributed by atoms with Gasteiger partial charge in [0, 0.05) is 16.7 Å². The predicted octanol–water partition coefficient (Wildman–Crippen LogP) is 5.16. The van der Waals surface area contributed by atoms with Gasteiger partial charge >= 0.3 is 0 Å². The first-order valence-electron chi connectivity index (χ1n) is 10.3. The van der Waals surface area contributed by atoms with E-state index in [-0.39, 0.29) is 30.3 Å². The lowest BCUT2D eigenvalue weighted by Gasteiger charge is -2.23. The molecule has 2 amide bonds. The standard InChI is InChI=1S/C24H26N2O2S2/c1-16(27)25-20(21-8-4-12-29-21)15-23(28)26-24(22-9-5-13-30-22)19-11-10-17-6-2-3-7-18(17)14-19/h4-5,8-14,20,24H,2-3,6-7,15H2,1H3,(H,25,27)(H,26,28)/t20-,24-/m0/s1. The molecule has 6 heteroatoms. The second kappa shape index (κ2) is 9.58. The maximum absolute atomic E-state index is 13.0. The molecule has 0 bridgehead atoms. The molecular formula is C24H26N2O2S2. The van der Waals surface area contributed by atoms with E-state index in [2.05, 4.69) is 34.9 Å². The number of benzene rings is 1. The van der Waals surface area contributed by atoms with Gasteiger partial charge in [0.25, 0.3) is 0 Å². The van der Waals surface area contributed by atoms with Gasteiger partial charge in [-0.15, -0.1) is 22.7 Å². The molecular weight excluding hydrogens is 412 g/mol. The molecule has 0 radical (unpaired) electrons. The molecule has 1 aromatic carbocycles. The molecule has 0 fully saturated rings. The molecule has 2 N–H and O–H groups in total. The van der Waals surface area contributed by atoms with Gasteiger partial charge in [-0.05, 0) is 65.3 Å². The van der Waals surface area contributed by atoms with Gasteiger partial charge in [0.1, 0.15) is 0 Å². The summed E-state index contributed by atoms with van der Waals surface area (Å²) in [6.45, 7) is 1.49. The Morgan fingerprint density at radius 3 is 2.30 bits per heavy atom. The summed E-state index contributed by atoms with van der Waals surface area (Å²) >= 11 is 3.20. The molecule has 3 aromatic rings. The summed E-state index contributed by atoms with van der Waals surface area (Å²) in [6.07, 6.45) is 4.95. The summed E-state index contributed by atoms with van der Waals surface area (Å²) in [5.74, 6) is -0.205. The quantitative estimate of drug-likeness (QED) is 0.535. The van der Waals surface area contributed by atoms with Crippen LogP contribution < -0.4 is 10.6 Å². The number of carbonyl (C=O) groups is 2. The van der Waals surface area contributed by atoms with Crippen LogP contribution in [0.3, 0.4) is 0 Å². The first-order valence-corrected chi connectivity index (χ1v) is 12.1. The number of rotatable bonds is 7. The Morgan fingerprint density at radius 1 is 0.933 bits per heavy atom. The Kier molecular flexibility index (Phi) is 6.65. The first kappa shape index (κ1) is 20.8. The molecule has 0 spiro atoms. The number of nitrogens with one attached hydrogen (secondary N) is 2. The molecule has 1 aliphatic carbocycles. The normalized spacial score (nSPS) is 15.1. The van der Waals surface area contributed by atoms with Crippen molar-refractivity contribution in [3.63, 3.8) is 0 Å². The number of amides is 2. The Balaban J connectivity index is 1.55. The highest BCUT2D eigenvalue weighted by molar-refractivity contribution is 7.10. The van der Waals surface area contributed by atoms with Crippen molar-refractivity contribution in [2.45, 2.75) is 51.1 Å². The van der Waals surface area contributed by atoms with Crippen molar-refractivity contribution in [3.8, 4) is 0 Å². The summed E-state index contributed by atoms with van der Waals surface area (Å²) in [6, 6.07) is 14.1. The van der Waals surface area contributed by atoms with Gasteiger partial charge in [-0.3, -0.25) is 9.59 Å². The molecule has 2 aromatic heterocycles. The van der Waals surface area contributed by atoms with Crippen molar-refractivity contribution < 1.29 is 9.59 Å². The van der Waals surface area contributed by atoms with Gasteiger partial charge in [0.15, 0.2) is 0 Å². The zero-order valence-electron chi connectivity index (χ0n) is 17.0. The van der Waals surface area contributed by atoms with Crippen LogP contribution in [-0.4, -0.2) is 11.8 Å². The average Bonchev–Trinajstić information content (AvgIpc) is 3.45. The molecule has 1 aliphatic rings. The van der Waals surface area contributed by atoms with Crippen LogP contribution in [0, 0.1) is 0 Å². The third-order valence-electron chi connectivity index (χ3n) is 5.49. The number of aryl methyl sites for hydroxylation is 2. The van der Waals surface area contributed by atoms with Crippen molar-refractivity contribution in [1.29, 1.82) is 0 Å². The van der Waals surface area contributed by atoms with Crippen LogP contribution in [0.15, 0.2) is 53.2 Å². The van der Waals surface area contributed by atoms with Gasteiger partial charge in [0.2, 0.25) is 11.8 Å². The average molecular weight is 439 g/mol. The summed E-state index contributed by atoms with van der Waals surface area (Å²) in [4.78, 5) is 26.8.